The summed E-state index contributed by atoms with van der Waals surface area (Å²) in [4.78, 5) is 23.1. The zero-order chi connectivity index (χ0) is 17.1. The van der Waals surface area contributed by atoms with E-state index in [1.807, 2.05) is 0 Å². The number of hydrogen-bond donors (Lipinski definition) is 0. The van der Waals surface area contributed by atoms with Gasteiger partial charge in [0.2, 0.25) is 0 Å². The third-order valence-corrected chi connectivity index (χ3v) is 7.57. The van der Waals surface area contributed by atoms with Gasteiger partial charge in [0.1, 0.15) is 6.10 Å². The molecular weight excluding hydrogens is 307 g/mol. The van der Waals surface area contributed by atoms with Gasteiger partial charge in [-0.05, 0) is 74.7 Å². The Morgan fingerprint density at radius 1 is 1.25 bits per heavy atom. The number of ether oxygens (including phenoxy) is 1. The molecular formula is C20H27FO3. The van der Waals surface area contributed by atoms with Crippen LogP contribution < -0.4 is 0 Å². The van der Waals surface area contributed by atoms with E-state index in [2.05, 4.69) is 6.92 Å². The Bertz CT molecular complexity index is 598. The molecule has 0 aliphatic heterocycles. The van der Waals surface area contributed by atoms with Crippen molar-refractivity contribution in [1.29, 1.82) is 0 Å². The summed E-state index contributed by atoms with van der Waals surface area (Å²) in [5.74, 6) is 1.42. The summed E-state index contributed by atoms with van der Waals surface area (Å²) in [7, 11) is 0. The first-order valence-electron chi connectivity index (χ1n) is 9.45. The smallest absolute Gasteiger partial charge is 0.302 e. The van der Waals surface area contributed by atoms with E-state index >= 15 is 0 Å². The number of esters is 1. The summed E-state index contributed by atoms with van der Waals surface area (Å²) in [5.41, 5.74) is 1.28. The van der Waals surface area contributed by atoms with Crippen molar-refractivity contribution in [3.05, 3.63) is 11.6 Å². The van der Waals surface area contributed by atoms with Gasteiger partial charge in [-0.1, -0.05) is 12.5 Å². The zero-order valence-corrected chi connectivity index (χ0v) is 14.6. The number of fused-ring (bicyclic) bond motifs is 5. The van der Waals surface area contributed by atoms with Crippen molar-refractivity contribution in [2.45, 2.75) is 71.1 Å². The zero-order valence-electron chi connectivity index (χ0n) is 14.6. The minimum absolute atomic E-state index is 0.0414. The molecule has 0 spiro atoms. The lowest BCUT2D eigenvalue weighted by Crippen LogP contribution is -2.49. The largest absolute Gasteiger partial charge is 0.462 e. The molecule has 0 saturated heterocycles. The summed E-state index contributed by atoms with van der Waals surface area (Å²) in [5, 5.41) is 0. The molecule has 132 valence electrons. The summed E-state index contributed by atoms with van der Waals surface area (Å²) in [6.45, 7) is 3.79. The molecule has 0 N–H and O–H groups in total. The summed E-state index contributed by atoms with van der Waals surface area (Å²) < 4.78 is 19.7. The van der Waals surface area contributed by atoms with Crippen LogP contribution in [0, 0.1) is 29.1 Å². The summed E-state index contributed by atoms with van der Waals surface area (Å²) in [6.07, 6.45) is 6.97. The Balaban J connectivity index is 1.58. The van der Waals surface area contributed by atoms with Crippen molar-refractivity contribution in [1.82, 2.24) is 0 Å². The maximum absolute atomic E-state index is 14.0. The monoisotopic (exact) mass is 334 g/mol. The molecule has 0 aromatic rings. The first kappa shape index (κ1) is 16.3. The number of rotatable bonds is 1. The van der Waals surface area contributed by atoms with Crippen LogP contribution in [-0.4, -0.2) is 24.0 Å². The van der Waals surface area contributed by atoms with Gasteiger partial charge >= 0.3 is 5.97 Å². The fourth-order valence-electron chi connectivity index (χ4n) is 6.49. The summed E-state index contributed by atoms with van der Waals surface area (Å²) >= 11 is 0. The molecule has 0 bridgehead atoms. The predicted molar refractivity (Wildman–Crippen MR) is 87.9 cm³/mol. The molecule has 0 heterocycles. The maximum atomic E-state index is 14.0. The van der Waals surface area contributed by atoms with Crippen molar-refractivity contribution in [3.8, 4) is 0 Å². The highest BCUT2D eigenvalue weighted by atomic mass is 19.1. The van der Waals surface area contributed by atoms with E-state index in [0.717, 1.165) is 38.5 Å². The second kappa shape index (κ2) is 5.67. The standard InChI is InChI=1S/C20H27FO3/c1-11(22)24-19-6-5-16-14-4-3-12-9-18(23)17(21)10-15(12)13(14)7-8-20(16,19)2/h9,13-17,19H,3-8,10H2,1-2H3/t13-,14+,15-,16+,17+,19+,20-/m0/s1. The van der Waals surface area contributed by atoms with Crippen LogP contribution in [0.2, 0.25) is 0 Å². The lowest BCUT2D eigenvalue weighted by molar-refractivity contribution is -0.156. The first-order chi connectivity index (χ1) is 11.4. The molecule has 24 heavy (non-hydrogen) atoms. The second-order valence-corrected chi connectivity index (χ2v) is 8.62. The van der Waals surface area contributed by atoms with Crippen molar-refractivity contribution in [2.24, 2.45) is 29.1 Å². The molecule has 4 aliphatic rings. The van der Waals surface area contributed by atoms with Crippen molar-refractivity contribution in [3.63, 3.8) is 0 Å². The lowest BCUT2D eigenvalue weighted by Gasteiger charge is -2.53. The highest BCUT2D eigenvalue weighted by Crippen LogP contribution is 2.62. The second-order valence-electron chi connectivity index (χ2n) is 8.62. The average Bonchev–Trinajstić information content (AvgIpc) is 2.85. The maximum Gasteiger partial charge on any atom is 0.302 e. The Morgan fingerprint density at radius 3 is 2.79 bits per heavy atom. The van der Waals surface area contributed by atoms with Crippen LogP contribution in [0.15, 0.2) is 11.6 Å². The van der Waals surface area contributed by atoms with Gasteiger partial charge < -0.3 is 4.74 Å². The van der Waals surface area contributed by atoms with Crippen LogP contribution in [0.3, 0.4) is 0 Å². The SMILES string of the molecule is CC(=O)O[C@@H]1CC[C@@H]2[C@@H]3CCC4=CC(=O)[C@H](F)C[C@@H]4[C@H]3CC[C@@]21C. The molecule has 0 unspecified atom stereocenters. The molecule has 3 saturated carbocycles. The van der Waals surface area contributed by atoms with Gasteiger partial charge in [-0.3, -0.25) is 9.59 Å². The molecule has 0 aromatic heterocycles. The Hall–Kier alpha value is -1.19. The van der Waals surface area contributed by atoms with Crippen LogP contribution in [0.1, 0.15) is 58.8 Å². The van der Waals surface area contributed by atoms with Crippen LogP contribution in [0.5, 0.6) is 0 Å². The van der Waals surface area contributed by atoms with Gasteiger partial charge in [-0.15, -0.1) is 0 Å². The molecule has 3 fully saturated rings. The number of hydrogen-bond acceptors (Lipinski definition) is 3. The predicted octanol–water partition coefficient (Wildman–Crippen LogP) is 4.01. The van der Waals surface area contributed by atoms with E-state index < -0.39 is 6.17 Å². The molecule has 4 heteroatoms. The summed E-state index contributed by atoms with van der Waals surface area (Å²) in [6, 6.07) is 0. The van der Waals surface area contributed by atoms with Gasteiger partial charge in [-0.2, -0.15) is 0 Å². The van der Waals surface area contributed by atoms with E-state index in [0.29, 0.717) is 24.2 Å². The van der Waals surface area contributed by atoms with E-state index in [-0.39, 0.29) is 29.2 Å². The highest BCUT2D eigenvalue weighted by Gasteiger charge is 2.57. The lowest BCUT2D eigenvalue weighted by atomic mass is 9.52. The molecule has 0 amide bonds. The average molecular weight is 334 g/mol. The molecule has 4 aliphatic carbocycles. The van der Waals surface area contributed by atoms with Crippen LogP contribution in [0.4, 0.5) is 4.39 Å². The number of allylic oxidation sites excluding steroid dienone is 1. The molecule has 0 aromatic carbocycles. The van der Waals surface area contributed by atoms with Gasteiger partial charge in [0.05, 0.1) is 0 Å². The Labute approximate surface area is 143 Å². The van der Waals surface area contributed by atoms with Crippen molar-refractivity contribution < 1.29 is 18.7 Å². The molecule has 7 atom stereocenters. The van der Waals surface area contributed by atoms with Crippen LogP contribution in [-0.2, 0) is 14.3 Å². The number of alkyl halides is 1. The minimum Gasteiger partial charge on any atom is -0.462 e. The third kappa shape index (κ3) is 2.36. The van der Waals surface area contributed by atoms with Gasteiger partial charge in [0.25, 0.3) is 0 Å². The Morgan fingerprint density at radius 2 is 2.04 bits per heavy atom. The van der Waals surface area contributed by atoms with E-state index in [4.69, 9.17) is 4.74 Å². The topological polar surface area (TPSA) is 43.4 Å². The van der Waals surface area contributed by atoms with Gasteiger partial charge in [0.15, 0.2) is 12.0 Å². The van der Waals surface area contributed by atoms with E-state index in [1.165, 1.54) is 12.5 Å². The number of carbonyl (C=O) groups excluding carboxylic acids is 2. The number of ketones is 1. The van der Waals surface area contributed by atoms with E-state index in [9.17, 15) is 14.0 Å². The molecule has 3 nitrogen and oxygen atoms in total. The van der Waals surface area contributed by atoms with E-state index in [1.54, 1.807) is 6.08 Å². The fraction of sp³-hybridized carbons (Fsp3) is 0.800. The number of carbonyl (C=O) groups is 2. The fourth-order valence-corrected chi connectivity index (χ4v) is 6.49. The van der Waals surface area contributed by atoms with Crippen LogP contribution >= 0.6 is 0 Å². The minimum atomic E-state index is -1.30. The van der Waals surface area contributed by atoms with Gasteiger partial charge in [0, 0.05) is 12.3 Å². The highest BCUT2D eigenvalue weighted by molar-refractivity contribution is 5.95. The first-order valence-corrected chi connectivity index (χ1v) is 9.45. The molecule has 4 rings (SSSR count). The quantitative estimate of drug-likeness (QED) is 0.681. The Kier molecular flexibility index (Phi) is 3.85. The van der Waals surface area contributed by atoms with Crippen LogP contribution in [0.25, 0.3) is 0 Å². The normalized spacial score (nSPS) is 47.3. The molecule has 0 radical (unpaired) electrons. The number of halogens is 1. The van der Waals surface area contributed by atoms with Gasteiger partial charge in [-0.25, -0.2) is 4.39 Å². The van der Waals surface area contributed by atoms with Crippen molar-refractivity contribution >= 4 is 11.8 Å². The third-order valence-electron chi connectivity index (χ3n) is 7.57. The van der Waals surface area contributed by atoms with Crippen molar-refractivity contribution in [2.75, 3.05) is 0 Å².